The molecule has 9 heterocycles. The van der Waals surface area contributed by atoms with Gasteiger partial charge >= 0.3 is 6.03 Å². The molecular formula is C46H50FN13O3. The standard InChI is InChI=1S/C46H50FN13O3/c1-28-22-59(45-35(28)18-33(21-49-45)58-15-12-43(62)51-46(58)63)42-27-56-17-16-54(26-41(56)50-42)23-29-10-13-55(14-11-29)38-19-30(8-9-36(38)47)60-31-6-7-32(60)25-57(24-31)39-20-37(52-53-44(39)48)34-4-2-3-5-40(34)61/h2-5,8-9,18-22,27,29,31-32,61H,6-7,10-17,23-26H2,1H3,(H2,48,53)(H,51,62,63). The minimum Gasteiger partial charge on any atom is -0.507 e. The number of urea groups is 1. The quantitative estimate of drug-likeness (QED) is 0.177. The minimum absolute atomic E-state index is 0.150. The Morgan fingerprint density at radius 2 is 1.68 bits per heavy atom. The van der Waals surface area contributed by atoms with E-state index in [4.69, 9.17) is 15.7 Å². The van der Waals surface area contributed by atoms with Gasteiger partial charge in [-0.2, -0.15) is 0 Å². The van der Waals surface area contributed by atoms with Crippen molar-refractivity contribution in [3.05, 3.63) is 90.4 Å². The molecule has 2 bridgehead atoms. The molecule has 0 aliphatic carbocycles. The number of hydrogen-bond donors (Lipinski definition) is 3. The number of benzene rings is 2. The SMILES string of the molecule is Cc1cn(-c2cn3c(n2)CN(CC2CCN(c4cc(N5C6CCC5CN(c5cc(-c7ccccc7O)nnc5N)C6)ccc4F)CC2)CC3)c2ncc(N3CCC(=O)NC3=O)cc12. The Labute approximate surface area is 363 Å². The molecule has 4 N–H and O–H groups in total. The van der Waals surface area contributed by atoms with E-state index in [1.807, 2.05) is 48.0 Å². The number of carbonyl (C=O) groups is 2. The lowest BCUT2D eigenvalue weighted by atomic mass is 9.95. The highest BCUT2D eigenvalue weighted by atomic mass is 19.1. The van der Waals surface area contributed by atoms with E-state index in [0.29, 0.717) is 40.9 Å². The third-order valence-corrected chi connectivity index (χ3v) is 13.8. The average Bonchev–Trinajstić information content (AvgIpc) is 3.94. The van der Waals surface area contributed by atoms with Gasteiger partial charge in [-0.15, -0.1) is 10.2 Å². The van der Waals surface area contributed by atoms with Crippen LogP contribution in [0.4, 0.5) is 37.8 Å². The van der Waals surface area contributed by atoms with E-state index in [-0.39, 0.29) is 36.0 Å². The zero-order valence-electron chi connectivity index (χ0n) is 35.2. The summed E-state index contributed by atoms with van der Waals surface area (Å²) in [5.74, 6) is 2.42. The maximum atomic E-state index is 15.6. The normalized spacial score (nSPS) is 20.8. The van der Waals surface area contributed by atoms with Gasteiger partial charge in [-0.1, -0.05) is 12.1 Å². The number of carbonyl (C=O) groups excluding carboxylic acids is 2. The molecule has 4 aromatic heterocycles. The summed E-state index contributed by atoms with van der Waals surface area (Å²) in [5.41, 5.74) is 12.6. The van der Waals surface area contributed by atoms with Crippen molar-refractivity contribution in [3.8, 4) is 22.8 Å². The van der Waals surface area contributed by atoms with Crippen LogP contribution in [0.3, 0.4) is 0 Å². The molecule has 63 heavy (non-hydrogen) atoms. The van der Waals surface area contributed by atoms with Gasteiger partial charge in [0, 0.05) is 99.9 Å². The fourth-order valence-corrected chi connectivity index (χ4v) is 10.6. The Kier molecular flexibility index (Phi) is 9.66. The van der Waals surface area contributed by atoms with Crippen molar-refractivity contribution in [2.75, 3.05) is 71.1 Å². The molecule has 0 saturated carbocycles. The number of phenols is 1. The van der Waals surface area contributed by atoms with Crippen molar-refractivity contribution in [2.45, 2.75) is 64.2 Å². The Morgan fingerprint density at radius 3 is 2.48 bits per heavy atom. The van der Waals surface area contributed by atoms with Gasteiger partial charge in [-0.05, 0) is 86.6 Å². The summed E-state index contributed by atoms with van der Waals surface area (Å²) in [6.45, 7) is 9.00. The highest BCUT2D eigenvalue weighted by molar-refractivity contribution is 6.06. The summed E-state index contributed by atoms with van der Waals surface area (Å²) >= 11 is 0. The lowest BCUT2D eigenvalue weighted by Crippen LogP contribution is -2.54. The number of nitrogens with zero attached hydrogens (tertiary/aromatic N) is 11. The Balaban J connectivity index is 0.722. The Hall–Kier alpha value is -6.75. The molecule has 4 fully saturated rings. The van der Waals surface area contributed by atoms with Gasteiger partial charge in [-0.3, -0.25) is 24.5 Å². The van der Waals surface area contributed by atoms with Crippen molar-refractivity contribution in [2.24, 2.45) is 5.92 Å². The average molecular weight is 852 g/mol. The number of hydrogen-bond acceptors (Lipinski definition) is 12. The van der Waals surface area contributed by atoms with Gasteiger partial charge in [0.05, 0.1) is 35.5 Å². The Morgan fingerprint density at radius 1 is 0.873 bits per heavy atom. The van der Waals surface area contributed by atoms with Crippen LogP contribution in [0.5, 0.6) is 5.75 Å². The van der Waals surface area contributed by atoms with Crippen molar-refractivity contribution in [3.63, 3.8) is 0 Å². The van der Waals surface area contributed by atoms with Crippen LogP contribution in [0.25, 0.3) is 28.1 Å². The third kappa shape index (κ3) is 7.13. The lowest BCUT2D eigenvalue weighted by Gasteiger charge is -2.44. The summed E-state index contributed by atoms with van der Waals surface area (Å²) in [5, 5.41) is 22.3. The lowest BCUT2D eigenvalue weighted by molar-refractivity contribution is -0.120. The first-order valence-corrected chi connectivity index (χ1v) is 22.0. The Bertz CT molecular complexity index is 2750. The molecular weight excluding hydrogens is 802 g/mol. The molecule has 4 saturated heterocycles. The van der Waals surface area contributed by atoms with Crippen LogP contribution >= 0.6 is 0 Å². The van der Waals surface area contributed by atoms with Crippen LogP contribution in [0.1, 0.15) is 43.5 Å². The molecule has 5 aliphatic heterocycles. The van der Waals surface area contributed by atoms with Crippen LogP contribution < -0.4 is 30.7 Å². The van der Waals surface area contributed by atoms with Crippen LogP contribution in [-0.4, -0.2) is 109 Å². The van der Waals surface area contributed by atoms with E-state index in [2.05, 4.69) is 51.9 Å². The fourth-order valence-electron chi connectivity index (χ4n) is 10.6. The molecule has 2 aromatic carbocycles. The molecule has 324 valence electrons. The van der Waals surface area contributed by atoms with Crippen LogP contribution in [-0.2, 0) is 17.9 Å². The maximum Gasteiger partial charge on any atom is 0.328 e. The molecule has 16 nitrogen and oxygen atoms in total. The largest absolute Gasteiger partial charge is 0.507 e. The number of imidazole rings is 1. The topological polar surface area (TPSA) is 170 Å². The molecule has 6 aromatic rings. The number of nitrogens with one attached hydrogen (secondary N) is 1. The summed E-state index contributed by atoms with van der Waals surface area (Å²) in [4.78, 5) is 45.1. The second-order valence-electron chi connectivity index (χ2n) is 17.7. The minimum atomic E-state index is -0.427. The summed E-state index contributed by atoms with van der Waals surface area (Å²) in [6.07, 6.45) is 10.1. The number of rotatable bonds is 8. The second kappa shape index (κ2) is 15.6. The monoisotopic (exact) mass is 851 g/mol. The van der Waals surface area contributed by atoms with Crippen molar-refractivity contribution >= 4 is 51.5 Å². The van der Waals surface area contributed by atoms with Crippen molar-refractivity contribution < 1.29 is 19.1 Å². The number of amides is 3. The predicted octanol–water partition coefficient (Wildman–Crippen LogP) is 5.45. The predicted molar refractivity (Wildman–Crippen MR) is 239 cm³/mol. The van der Waals surface area contributed by atoms with E-state index in [1.54, 1.807) is 29.3 Å². The molecule has 17 heteroatoms. The van der Waals surface area contributed by atoms with E-state index in [1.165, 1.54) is 0 Å². The van der Waals surface area contributed by atoms with Gasteiger partial charge < -0.3 is 30.1 Å². The highest BCUT2D eigenvalue weighted by Crippen LogP contribution is 2.41. The van der Waals surface area contributed by atoms with Gasteiger partial charge in [0.1, 0.15) is 23.0 Å². The van der Waals surface area contributed by atoms with E-state index in [9.17, 15) is 14.7 Å². The number of nitrogen functional groups attached to an aromatic ring is 1. The number of aromatic hydroxyl groups is 1. The number of pyridine rings is 1. The molecule has 3 amide bonds. The number of phenolic OH excluding ortho intramolecular Hbond substituents is 1. The van der Waals surface area contributed by atoms with Crippen molar-refractivity contribution in [1.29, 1.82) is 0 Å². The molecule has 11 rings (SSSR count). The number of imide groups is 1. The van der Waals surface area contributed by atoms with E-state index < -0.39 is 6.03 Å². The molecule has 2 atom stereocenters. The van der Waals surface area contributed by atoms with E-state index in [0.717, 1.165) is 118 Å². The van der Waals surface area contributed by atoms with Crippen LogP contribution in [0.15, 0.2) is 73.2 Å². The number of aromatic nitrogens is 6. The van der Waals surface area contributed by atoms with Gasteiger partial charge in [0.25, 0.3) is 0 Å². The first-order chi connectivity index (χ1) is 30.6. The molecule has 2 unspecified atom stereocenters. The summed E-state index contributed by atoms with van der Waals surface area (Å²) in [6, 6.07) is 16.7. The van der Waals surface area contributed by atoms with E-state index >= 15 is 4.39 Å². The number of halogens is 1. The van der Waals surface area contributed by atoms with Crippen molar-refractivity contribution in [1.82, 2.24) is 39.5 Å². The van der Waals surface area contributed by atoms with Gasteiger partial charge in [0.15, 0.2) is 11.6 Å². The molecule has 5 aliphatic rings. The first kappa shape index (κ1) is 39.1. The maximum absolute atomic E-state index is 15.6. The molecule has 0 radical (unpaired) electrons. The number of piperidine rings is 1. The van der Waals surface area contributed by atoms with Crippen LogP contribution in [0.2, 0.25) is 0 Å². The number of aryl methyl sites for hydroxylation is 1. The number of nitrogens with two attached hydrogens (primary N) is 1. The molecule has 0 spiro atoms. The van der Waals surface area contributed by atoms with Crippen LogP contribution in [0, 0.1) is 18.7 Å². The number of para-hydroxylation sites is 1. The summed E-state index contributed by atoms with van der Waals surface area (Å²) < 4.78 is 19.9. The second-order valence-corrected chi connectivity index (χ2v) is 17.7. The fraction of sp³-hybridized carbons (Fsp3) is 0.391. The number of fused-ring (bicyclic) bond motifs is 4. The third-order valence-electron chi connectivity index (χ3n) is 13.8. The zero-order valence-corrected chi connectivity index (χ0v) is 35.2. The highest BCUT2D eigenvalue weighted by Gasteiger charge is 2.41. The number of piperazine rings is 1. The van der Waals surface area contributed by atoms with Gasteiger partial charge in [0.2, 0.25) is 5.91 Å². The smallest absolute Gasteiger partial charge is 0.328 e. The number of anilines is 5. The summed E-state index contributed by atoms with van der Waals surface area (Å²) in [7, 11) is 0. The van der Waals surface area contributed by atoms with Gasteiger partial charge in [-0.25, -0.2) is 19.2 Å². The first-order valence-electron chi connectivity index (χ1n) is 22.0. The zero-order chi connectivity index (χ0) is 42.9.